The van der Waals surface area contributed by atoms with Crippen molar-refractivity contribution < 1.29 is 31.1 Å². The van der Waals surface area contributed by atoms with Gasteiger partial charge in [0.25, 0.3) is 0 Å². The van der Waals surface area contributed by atoms with Gasteiger partial charge >= 0.3 is 6.18 Å². The second kappa shape index (κ2) is 9.55. The van der Waals surface area contributed by atoms with Gasteiger partial charge in [0.15, 0.2) is 0 Å². The molecule has 0 N–H and O–H groups in total. The fourth-order valence-corrected chi connectivity index (χ4v) is 5.85. The van der Waals surface area contributed by atoms with Crippen molar-refractivity contribution in [1.82, 2.24) is 4.31 Å². The Morgan fingerprint density at radius 1 is 1.28 bits per heavy atom. The Bertz CT molecular complexity index is 964. The molecule has 2 saturated heterocycles. The van der Waals surface area contributed by atoms with E-state index in [1.807, 2.05) is 4.90 Å². The second-order valence-electron chi connectivity index (χ2n) is 8.35. The van der Waals surface area contributed by atoms with E-state index in [4.69, 9.17) is 14.7 Å². The number of nitriles is 1. The highest BCUT2D eigenvalue weighted by molar-refractivity contribution is 7.89. The zero-order chi connectivity index (χ0) is 23.6. The first-order valence-electron chi connectivity index (χ1n) is 10.5. The van der Waals surface area contributed by atoms with Gasteiger partial charge in [-0.05, 0) is 37.5 Å². The predicted octanol–water partition coefficient (Wildman–Crippen LogP) is 2.72. The van der Waals surface area contributed by atoms with Gasteiger partial charge in [0.1, 0.15) is 0 Å². The summed E-state index contributed by atoms with van der Waals surface area (Å²) in [6.45, 7) is 4.14. The summed E-state index contributed by atoms with van der Waals surface area (Å²) < 4.78 is 77.8. The zero-order valence-corrected chi connectivity index (χ0v) is 19.0. The fourth-order valence-electron chi connectivity index (χ4n) is 4.64. The van der Waals surface area contributed by atoms with Crippen molar-refractivity contribution >= 4 is 15.7 Å². The summed E-state index contributed by atoms with van der Waals surface area (Å²) in [7, 11) is -1.84. The molecule has 7 nitrogen and oxygen atoms in total. The predicted molar refractivity (Wildman–Crippen MR) is 113 cm³/mol. The first-order chi connectivity index (χ1) is 15.1. The van der Waals surface area contributed by atoms with Crippen LogP contribution in [-0.2, 0) is 25.7 Å². The van der Waals surface area contributed by atoms with Crippen LogP contribution >= 0.6 is 0 Å². The Labute approximate surface area is 186 Å². The second-order valence-corrected chi connectivity index (χ2v) is 10.6. The number of rotatable bonds is 8. The minimum atomic E-state index is -4.64. The van der Waals surface area contributed by atoms with E-state index in [0.717, 1.165) is 6.07 Å². The first-order valence-corrected chi connectivity index (χ1v) is 12.1. The van der Waals surface area contributed by atoms with Gasteiger partial charge < -0.3 is 14.4 Å². The van der Waals surface area contributed by atoms with E-state index in [2.05, 4.69) is 0 Å². The molecular formula is C21H28F3N3O4S. The Morgan fingerprint density at radius 3 is 2.66 bits per heavy atom. The molecule has 32 heavy (non-hydrogen) atoms. The lowest BCUT2D eigenvalue weighted by Crippen LogP contribution is -2.53. The van der Waals surface area contributed by atoms with Crippen LogP contribution in [0.25, 0.3) is 0 Å². The molecule has 0 unspecified atom stereocenters. The summed E-state index contributed by atoms with van der Waals surface area (Å²) >= 11 is 0. The largest absolute Gasteiger partial charge is 0.417 e. The van der Waals surface area contributed by atoms with Crippen molar-refractivity contribution in [3.05, 3.63) is 29.3 Å². The molecule has 2 aliphatic rings. The van der Waals surface area contributed by atoms with E-state index in [1.165, 1.54) is 16.4 Å². The van der Waals surface area contributed by atoms with Crippen LogP contribution < -0.4 is 4.90 Å². The van der Waals surface area contributed by atoms with Gasteiger partial charge in [-0.2, -0.15) is 18.4 Å². The van der Waals surface area contributed by atoms with Gasteiger partial charge in [0.2, 0.25) is 10.0 Å². The maximum absolute atomic E-state index is 13.5. The Morgan fingerprint density at radius 2 is 2.03 bits per heavy atom. The highest BCUT2D eigenvalue weighted by Gasteiger charge is 2.52. The smallest absolute Gasteiger partial charge is 0.382 e. The van der Waals surface area contributed by atoms with Crippen molar-refractivity contribution in [2.24, 2.45) is 11.3 Å². The lowest BCUT2D eigenvalue weighted by Gasteiger charge is -2.43. The topological polar surface area (TPSA) is 82.9 Å². The van der Waals surface area contributed by atoms with Gasteiger partial charge in [-0.15, -0.1) is 0 Å². The molecule has 0 bridgehead atoms. The van der Waals surface area contributed by atoms with E-state index in [-0.39, 0.29) is 24.8 Å². The molecule has 0 aromatic heterocycles. The lowest BCUT2D eigenvalue weighted by molar-refractivity contribution is -0.137. The van der Waals surface area contributed by atoms with E-state index in [1.54, 1.807) is 20.1 Å². The average Bonchev–Trinajstić information content (AvgIpc) is 3.14. The van der Waals surface area contributed by atoms with Crippen LogP contribution in [-0.4, -0.2) is 71.6 Å². The maximum atomic E-state index is 13.5. The minimum absolute atomic E-state index is 0.00738. The van der Waals surface area contributed by atoms with Crippen LogP contribution in [0.15, 0.2) is 18.2 Å². The summed E-state index contributed by atoms with van der Waals surface area (Å²) in [6.07, 6.45) is -4.04. The number of sulfonamides is 1. The van der Waals surface area contributed by atoms with Gasteiger partial charge in [-0.3, -0.25) is 0 Å². The van der Waals surface area contributed by atoms with Crippen LogP contribution in [0.5, 0.6) is 0 Å². The molecule has 0 radical (unpaired) electrons. The molecule has 0 saturated carbocycles. The first kappa shape index (κ1) is 24.8. The Hall–Kier alpha value is -1.87. The number of hydrogen-bond donors (Lipinski definition) is 0. The highest BCUT2D eigenvalue weighted by Crippen LogP contribution is 2.45. The van der Waals surface area contributed by atoms with Crippen molar-refractivity contribution in [3.63, 3.8) is 0 Å². The molecule has 0 amide bonds. The third-order valence-corrected chi connectivity index (χ3v) is 8.23. The number of anilines is 1. The lowest BCUT2D eigenvalue weighted by atomic mass is 9.74. The fraction of sp³-hybridized carbons (Fsp3) is 0.667. The number of piperidine rings is 1. The standard InChI is InChI=1S/C21H28F3N3O4S/c1-3-32(28,29)27-7-6-17-12-26(13-20(17,14-27)15-31-9-8-30-2)18-5-4-16(11-25)19(10-18)21(22,23)24/h4-5,10,17H,3,6-9,12-15H2,1-2H3/t17-,20-/m1/s1. The molecule has 2 atom stereocenters. The number of benzene rings is 1. The van der Waals surface area contributed by atoms with Crippen LogP contribution in [0, 0.1) is 22.7 Å². The summed E-state index contributed by atoms with van der Waals surface area (Å²) in [5, 5.41) is 9.06. The van der Waals surface area contributed by atoms with Crippen molar-refractivity contribution in [2.45, 2.75) is 19.5 Å². The normalized spacial score (nSPS) is 24.4. The number of hydrogen-bond acceptors (Lipinski definition) is 6. The van der Waals surface area contributed by atoms with Gasteiger partial charge in [-0.25, -0.2) is 12.7 Å². The molecule has 2 aliphatic heterocycles. The summed E-state index contributed by atoms with van der Waals surface area (Å²) in [6, 6.07) is 5.32. The molecule has 178 valence electrons. The SMILES string of the molecule is CCS(=O)(=O)N1CC[C@@H]2CN(c3ccc(C#N)c(C(F)(F)F)c3)C[C@]2(COCCOC)C1. The average molecular weight is 476 g/mol. The molecular weight excluding hydrogens is 447 g/mol. The molecule has 1 aromatic rings. The molecule has 0 spiro atoms. The van der Waals surface area contributed by atoms with E-state index >= 15 is 0 Å². The maximum Gasteiger partial charge on any atom is 0.417 e. The van der Waals surface area contributed by atoms with Crippen LogP contribution in [0.4, 0.5) is 18.9 Å². The molecule has 1 aromatic carbocycles. The van der Waals surface area contributed by atoms with Gasteiger partial charge in [0.05, 0.1) is 42.8 Å². The van der Waals surface area contributed by atoms with E-state index < -0.39 is 32.7 Å². The quantitative estimate of drug-likeness (QED) is 0.538. The highest BCUT2D eigenvalue weighted by atomic mass is 32.2. The number of methoxy groups -OCH3 is 1. The number of fused-ring (bicyclic) bond motifs is 1. The van der Waals surface area contributed by atoms with Gasteiger partial charge in [-0.1, -0.05) is 0 Å². The van der Waals surface area contributed by atoms with E-state index in [9.17, 15) is 21.6 Å². The third kappa shape index (κ3) is 5.03. The third-order valence-electron chi connectivity index (χ3n) is 6.40. The number of ether oxygens (including phenoxy) is 2. The summed E-state index contributed by atoms with van der Waals surface area (Å²) in [5.74, 6) is 0.0605. The van der Waals surface area contributed by atoms with Gasteiger partial charge in [0, 0.05) is 44.4 Å². The van der Waals surface area contributed by atoms with Crippen LogP contribution in [0.3, 0.4) is 0 Å². The Kier molecular flexibility index (Phi) is 7.39. The number of halogens is 3. The van der Waals surface area contributed by atoms with Crippen LogP contribution in [0.1, 0.15) is 24.5 Å². The van der Waals surface area contributed by atoms with Crippen molar-refractivity contribution in [1.29, 1.82) is 5.26 Å². The zero-order valence-electron chi connectivity index (χ0n) is 18.2. The summed E-state index contributed by atoms with van der Waals surface area (Å²) in [4.78, 5) is 1.85. The monoisotopic (exact) mass is 475 g/mol. The molecule has 2 heterocycles. The number of nitrogens with zero attached hydrogens (tertiary/aromatic N) is 3. The summed E-state index contributed by atoms with van der Waals surface area (Å²) in [5.41, 5.74) is -1.56. The van der Waals surface area contributed by atoms with Crippen molar-refractivity contribution in [3.8, 4) is 6.07 Å². The molecule has 0 aliphatic carbocycles. The van der Waals surface area contributed by atoms with E-state index in [0.29, 0.717) is 45.0 Å². The molecule has 11 heteroatoms. The molecule has 2 fully saturated rings. The minimum Gasteiger partial charge on any atom is -0.382 e. The van der Waals surface area contributed by atoms with Crippen molar-refractivity contribution in [2.75, 3.05) is 63.8 Å². The number of alkyl halides is 3. The van der Waals surface area contributed by atoms with Crippen LogP contribution in [0.2, 0.25) is 0 Å². The molecule has 3 rings (SSSR count). The Balaban J connectivity index is 1.90.